The zero-order valence-corrected chi connectivity index (χ0v) is 14.4. The van der Waals surface area contributed by atoms with Crippen molar-refractivity contribution in [1.82, 2.24) is 0 Å². The van der Waals surface area contributed by atoms with Gasteiger partial charge in [-0.15, -0.1) is 0 Å². The summed E-state index contributed by atoms with van der Waals surface area (Å²) in [5.41, 5.74) is 0. The van der Waals surface area contributed by atoms with Crippen LogP contribution in [0.1, 0.15) is 79.1 Å². The molecular formula is C16H36CuO2. The van der Waals surface area contributed by atoms with E-state index in [2.05, 4.69) is 27.7 Å². The van der Waals surface area contributed by atoms with E-state index in [1.807, 2.05) is 0 Å². The van der Waals surface area contributed by atoms with Crippen molar-refractivity contribution >= 4 is 0 Å². The molecule has 0 saturated heterocycles. The minimum absolute atomic E-state index is 0. The van der Waals surface area contributed by atoms with Crippen molar-refractivity contribution in [2.45, 2.75) is 79.1 Å². The normalized spacial score (nSPS) is 12.9. The molecule has 0 aromatic rings. The first-order valence-electron chi connectivity index (χ1n) is 7.91. The molecule has 0 aliphatic heterocycles. The Hall–Kier alpha value is 0.439. The second-order valence-corrected chi connectivity index (χ2v) is 5.20. The zero-order valence-electron chi connectivity index (χ0n) is 13.4. The Morgan fingerprint density at radius 1 is 0.684 bits per heavy atom. The third-order valence-corrected chi connectivity index (χ3v) is 3.60. The summed E-state index contributed by atoms with van der Waals surface area (Å²) in [6.45, 7) is 9.38. The van der Waals surface area contributed by atoms with Crippen LogP contribution in [0.15, 0.2) is 0 Å². The quantitative estimate of drug-likeness (QED) is 0.585. The van der Waals surface area contributed by atoms with E-state index in [0.717, 1.165) is 12.8 Å². The molecular weight excluding hydrogens is 288 g/mol. The fourth-order valence-corrected chi connectivity index (χ4v) is 1.83. The fourth-order valence-electron chi connectivity index (χ4n) is 1.83. The van der Waals surface area contributed by atoms with Crippen LogP contribution in [0.5, 0.6) is 0 Å². The van der Waals surface area contributed by atoms with Crippen LogP contribution in [-0.2, 0) is 17.1 Å². The van der Waals surface area contributed by atoms with E-state index in [1.165, 1.54) is 38.5 Å². The van der Waals surface area contributed by atoms with Gasteiger partial charge in [0.15, 0.2) is 0 Å². The van der Waals surface area contributed by atoms with Gasteiger partial charge >= 0.3 is 0 Å². The van der Waals surface area contributed by atoms with Crippen LogP contribution in [0, 0.1) is 11.8 Å². The Labute approximate surface area is 131 Å². The van der Waals surface area contributed by atoms with Gasteiger partial charge in [-0.05, 0) is 24.7 Å². The first-order chi connectivity index (χ1) is 8.69. The van der Waals surface area contributed by atoms with Crippen molar-refractivity contribution < 1.29 is 27.3 Å². The Bertz CT molecular complexity index is 119. The van der Waals surface area contributed by atoms with Crippen molar-refractivity contribution in [2.75, 3.05) is 13.2 Å². The maximum Gasteiger partial charge on any atom is 0.0459 e. The molecule has 123 valence electrons. The van der Waals surface area contributed by atoms with Gasteiger partial charge in [-0.3, -0.25) is 0 Å². The molecule has 19 heavy (non-hydrogen) atoms. The van der Waals surface area contributed by atoms with E-state index in [-0.39, 0.29) is 17.1 Å². The van der Waals surface area contributed by atoms with Gasteiger partial charge in [0.1, 0.15) is 0 Å². The second kappa shape index (κ2) is 20.8. The van der Waals surface area contributed by atoms with Crippen LogP contribution >= 0.6 is 0 Å². The molecule has 0 rings (SSSR count). The molecule has 0 fully saturated rings. The zero-order chi connectivity index (χ0) is 14.2. The topological polar surface area (TPSA) is 40.5 Å². The number of aliphatic hydroxyl groups excluding tert-OH is 2. The summed E-state index contributed by atoms with van der Waals surface area (Å²) >= 11 is 0. The van der Waals surface area contributed by atoms with E-state index in [1.54, 1.807) is 0 Å². The molecule has 0 aromatic carbocycles. The molecule has 3 heteroatoms. The Kier molecular flexibility index (Phi) is 26.7. The van der Waals surface area contributed by atoms with E-state index >= 15 is 0 Å². The minimum atomic E-state index is 0. The third-order valence-electron chi connectivity index (χ3n) is 3.60. The van der Waals surface area contributed by atoms with Crippen molar-refractivity contribution in [2.24, 2.45) is 11.8 Å². The molecule has 2 unspecified atom stereocenters. The largest absolute Gasteiger partial charge is 0.396 e. The molecule has 2 nitrogen and oxygen atoms in total. The van der Waals surface area contributed by atoms with Gasteiger partial charge in [0.05, 0.1) is 0 Å². The van der Waals surface area contributed by atoms with Gasteiger partial charge in [0.25, 0.3) is 0 Å². The Morgan fingerprint density at radius 2 is 1.00 bits per heavy atom. The van der Waals surface area contributed by atoms with Gasteiger partial charge in [-0.2, -0.15) is 0 Å². The molecule has 0 aromatic heterocycles. The molecule has 0 bridgehead atoms. The smallest absolute Gasteiger partial charge is 0.0459 e. The molecule has 0 aliphatic carbocycles. The second-order valence-electron chi connectivity index (χ2n) is 5.20. The van der Waals surface area contributed by atoms with Crippen molar-refractivity contribution in [3.05, 3.63) is 0 Å². The number of rotatable bonds is 10. The van der Waals surface area contributed by atoms with E-state index in [9.17, 15) is 0 Å². The molecule has 2 N–H and O–H groups in total. The molecule has 0 spiro atoms. The van der Waals surface area contributed by atoms with Crippen LogP contribution in [0.2, 0.25) is 0 Å². The molecule has 0 amide bonds. The van der Waals surface area contributed by atoms with Gasteiger partial charge in [0, 0.05) is 30.3 Å². The monoisotopic (exact) mass is 323 g/mol. The van der Waals surface area contributed by atoms with E-state index in [0.29, 0.717) is 25.0 Å². The summed E-state index contributed by atoms with van der Waals surface area (Å²) in [4.78, 5) is 0. The van der Waals surface area contributed by atoms with Gasteiger partial charge in [0.2, 0.25) is 0 Å². The van der Waals surface area contributed by atoms with Gasteiger partial charge < -0.3 is 10.2 Å². The molecule has 2 atom stereocenters. The summed E-state index contributed by atoms with van der Waals surface area (Å²) in [6.07, 6.45) is 9.66. The number of hydrogen-bond donors (Lipinski definition) is 2. The predicted octanol–water partition coefficient (Wildman–Crippen LogP) is 4.39. The standard InChI is InChI=1S/2C8H18O.Cu/c2*1-3-5-6-8(4-2)7-9;/h2*8-9H,3-7H2,1-2H3;. The maximum atomic E-state index is 8.75. The van der Waals surface area contributed by atoms with Crippen LogP contribution < -0.4 is 0 Å². The Morgan fingerprint density at radius 3 is 1.16 bits per heavy atom. The molecule has 0 heterocycles. The van der Waals surface area contributed by atoms with Crippen LogP contribution in [0.3, 0.4) is 0 Å². The average molecular weight is 324 g/mol. The van der Waals surface area contributed by atoms with Crippen molar-refractivity contribution in [3.63, 3.8) is 0 Å². The summed E-state index contributed by atoms with van der Waals surface area (Å²) < 4.78 is 0. The summed E-state index contributed by atoms with van der Waals surface area (Å²) in [7, 11) is 0. The number of aliphatic hydroxyl groups is 2. The maximum absolute atomic E-state index is 8.75. The summed E-state index contributed by atoms with van der Waals surface area (Å²) in [5, 5.41) is 17.5. The Balaban J connectivity index is -0.000000256. The van der Waals surface area contributed by atoms with Crippen LogP contribution in [0.25, 0.3) is 0 Å². The molecule has 0 aliphatic rings. The van der Waals surface area contributed by atoms with E-state index < -0.39 is 0 Å². The van der Waals surface area contributed by atoms with Crippen molar-refractivity contribution in [3.8, 4) is 0 Å². The predicted molar refractivity (Wildman–Crippen MR) is 80.8 cm³/mol. The average Bonchev–Trinajstić information content (AvgIpc) is 2.42. The molecule has 0 saturated carbocycles. The van der Waals surface area contributed by atoms with Crippen LogP contribution in [-0.4, -0.2) is 23.4 Å². The SMILES string of the molecule is CCCCC(CC)CO.CCCCC(CC)CO.[Cu]. The van der Waals surface area contributed by atoms with Gasteiger partial charge in [-0.25, -0.2) is 0 Å². The van der Waals surface area contributed by atoms with Gasteiger partial charge in [-0.1, -0.05) is 66.2 Å². The van der Waals surface area contributed by atoms with Crippen LogP contribution in [0.4, 0.5) is 0 Å². The van der Waals surface area contributed by atoms with E-state index in [4.69, 9.17) is 10.2 Å². The summed E-state index contributed by atoms with van der Waals surface area (Å²) in [5.74, 6) is 1.12. The summed E-state index contributed by atoms with van der Waals surface area (Å²) in [6, 6.07) is 0. The third kappa shape index (κ3) is 18.4. The molecule has 1 radical (unpaired) electrons. The minimum Gasteiger partial charge on any atom is -0.396 e. The fraction of sp³-hybridized carbons (Fsp3) is 1.00. The first-order valence-corrected chi connectivity index (χ1v) is 7.91. The first kappa shape index (κ1) is 24.5. The number of unbranched alkanes of at least 4 members (excludes halogenated alkanes) is 2. The van der Waals surface area contributed by atoms with Crippen molar-refractivity contribution in [1.29, 1.82) is 0 Å². The number of hydrogen-bond acceptors (Lipinski definition) is 2.